The first-order valence-corrected chi connectivity index (χ1v) is 6.58. The topological polar surface area (TPSA) is 35.5 Å². The summed E-state index contributed by atoms with van der Waals surface area (Å²) >= 11 is 0. The Morgan fingerprint density at radius 1 is 1.17 bits per heavy atom. The summed E-state index contributed by atoms with van der Waals surface area (Å²) in [5.41, 5.74) is 1.16. The van der Waals surface area contributed by atoms with Gasteiger partial charge in [0, 0.05) is 6.92 Å². The quantitative estimate of drug-likeness (QED) is 0.768. The molecular weight excluding hydrogens is 228 g/mol. The maximum absolute atomic E-state index is 11.1. The molecule has 0 saturated heterocycles. The summed E-state index contributed by atoms with van der Waals surface area (Å²) in [5.74, 6) is -0.213. The molecule has 98 valence electrons. The van der Waals surface area contributed by atoms with Gasteiger partial charge in [-0.05, 0) is 24.8 Å². The molecule has 1 aliphatic rings. The van der Waals surface area contributed by atoms with Gasteiger partial charge in [0.1, 0.15) is 6.10 Å². The predicted octanol–water partition coefficient (Wildman–Crippen LogP) is 3.08. The third-order valence-electron chi connectivity index (χ3n) is 3.27. The van der Waals surface area contributed by atoms with Gasteiger partial charge >= 0.3 is 5.97 Å². The van der Waals surface area contributed by atoms with Crippen LogP contribution in [0.25, 0.3) is 0 Å². The molecule has 0 amide bonds. The van der Waals surface area contributed by atoms with Crippen LogP contribution in [0.2, 0.25) is 0 Å². The molecule has 0 radical (unpaired) electrons. The van der Waals surface area contributed by atoms with Crippen LogP contribution < -0.4 is 0 Å². The predicted molar refractivity (Wildman–Crippen MR) is 69.0 cm³/mol. The Labute approximate surface area is 108 Å². The van der Waals surface area contributed by atoms with Crippen LogP contribution in [0.4, 0.5) is 0 Å². The Kier molecular flexibility index (Phi) is 4.76. The van der Waals surface area contributed by atoms with Gasteiger partial charge in [0.05, 0.1) is 12.7 Å². The minimum absolute atomic E-state index is 0.0443. The van der Waals surface area contributed by atoms with Crippen molar-refractivity contribution in [1.82, 2.24) is 0 Å². The van der Waals surface area contributed by atoms with Gasteiger partial charge in [0.2, 0.25) is 0 Å². The zero-order valence-corrected chi connectivity index (χ0v) is 10.8. The van der Waals surface area contributed by atoms with E-state index in [2.05, 4.69) is 0 Å². The van der Waals surface area contributed by atoms with Crippen molar-refractivity contribution in [2.75, 3.05) is 0 Å². The second-order valence-corrected chi connectivity index (χ2v) is 4.77. The minimum Gasteiger partial charge on any atom is -0.460 e. The fraction of sp³-hybridized carbons (Fsp3) is 0.533. The highest BCUT2D eigenvalue weighted by atomic mass is 16.6. The van der Waals surface area contributed by atoms with Gasteiger partial charge in [-0.15, -0.1) is 0 Å². The number of hydrogen-bond donors (Lipinski definition) is 0. The summed E-state index contributed by atoms with van der Waals surface area (Å²) in [5, 5.41) is 0. The van der Waals surface area contributed by atoms with Crippen LogP contribution in [0.1, 0.15) is 38.2 Å². The normalized spacial score (nSPS) is 23.6. The number of carbonyl (C=O) groups is 1. The molecule has 1 aromatic carbocycles. The highest BCUT2D eigenvalue weighted by Gasteiger charge is 2.28. The van der Waals surface area contributed by atoms with E-state index in [0.29, 0.717) is 6.61 Å². The molecule has 2 atom stereocenters. The molecule has 2 rings (SSSR count). The van der Waals surface area contributed by atoms with Gasteiger partial charge in [-0.3, -0.25) is 4.79 Å². The van der Waals surface area contributed by atoms with Crippen LogP contribution in [0.15, 0.2) is 30.3 Å². The molecule has 1 fully saturated rings. The van der Waals surface area contributed by atoms with E-state index in [1.54, 1.807) is 0 Å². The van der Waals surface area contributed by atoms with Crippen LogP contribution in [-0.4, -0.2) is 18.2 Å². The highest BCUT2D eigenvalue weighted by molar-refractivity contribution is 5.66. The molecule has 1 aliphatic carbocycles. The Balaban J connectivity index is 1.87. The monoisotopic (exact) mass is 248 g/mol. The Morgan fingerprint density at radius 3 is 2.50 bits per heavy atom. The van der Waals surface area contributed by atoms with Gasteiger partial charge in [0.15, 0.2) is 0 Å². The van der Waals surface area contributed by atoms with Crippen molar-refractivity contribution in [3.05, 3.63) is 35.9 Å². The molecular formula is C15H20O3. The summed E-state index contributed by atoms with van der Waals surface area (Å²) in [6, 6.07) is 10.1. The van der Waals surface area contributed by atoms with Crippen LogP contribution >= 0.6 is 0 Å². The highest BCUT2D eigenvalue weighted by Crippen LogP contribution is 2.24. The third kappa shape index (κ3) is 3.84. The molecule has 1 saturated carbocycles. The average Bonchev–Trinajstić information content (AvgIpc) is 2.38. The number of esters is 1. The van der Waals surface area contributed by atoms with Gasteiger partial charge in [0.25, 0.3) is 0 Å². The van der Waals surface area contributed by atoms with Gasteiger partial charge in [-0.1, -0.05) is 36.8 Å². The molecule has 0 aromatic heterocycles. The summed E-state index contributed by atoms with van der Waals surface area (Å²) in [7, 11) is 0. The lowest BCUT2D eigenvalue weighted by Crippen LogP contribution is -2.35. The summed E-state index contributed by atoms with van der Waals surface area (Å²) in [6.07, 6.45) is 4.13. The van der Waals surface area contributed by atoms with E-state index in [9.17, 15) is 4.79 Å². The Morgan fingerprint density at radius 2 is 1.83 bits per heavy atom. The number of ether oxygens (including phenoxy) is 2. The number of benzene rings is 1. The fourth-order valence-corrected chi connectivity index (χ4v) is 2.38. The van der Waals surface area contributed by atoms with E-state index in [-0.39, 0.29) is 18.2 Å². The smallest absolute Gasteiger partial charge is 0.302 e. The molecule has 1 aromatic rings. The lowest BCUT2D eigenvalue weighted by molar-refractivity contribution is -0.159. The maximum Gasteiger partial charge on any atom is 0.302 e. The zero-order chi connectivity index (χ0) is 12.8. The number of carbonyl (C=O) groups excluding carboxylic acids is 1. The molecule has 3 heteroatoms. The van der Waals surface area contributed by atoms with E-state index in [4.69, 9.17) is 9.47 Å². The molecule has 3 nitrogen and oxygen atoms in total. The lowest BCUT2D eigenvalue weighted by Gasteiger charge is -2.30. The molecule has 0 heterocycles. The van der Waals surface area contributed by atoms with Crippen molar-refractivity contribution < 1.29 is 14.3 Å². The first kappa shape index (κ1) is 13.1. The maximum atomic E-state index is 11.1. The van der Waals surface area contributed by atoms with E-state index in [1.165, 1.54) is 6.92 Å². The Bertz CT molecular complexity index is 375. The first-order chi connectivity index (χ1) is 8.75. The van der Waals surface area contributed by atoms with E-state index in [0.717, 1.165) is 31.2 Å². The van der Waals surface area contributed by atoms with Gasteiger partial charge in [-0.2, -0.15) is 0 Å². The van der Waals surface area contributed by atoms with Crippen LogP contribution in [0.3, 0.4) is 0 Å². The first-order valence-electron chi connectivity index (χ1n) is 6.58. The molecule has 0 unspecified atom stereocenters. The van der Waals surface area contributed by atoms with Gasteiger partial charge in [-0.25, -0.2) is 0 Å². The third-order valence-corrected chi connectivity index (χ3v) is 3.27. The summed E-state index contributed by atoms with van der Waals surface area (Å²) < 4.78 is 11.2. The summed E-state index contributed by atoms with van der Waals surface area (Å²) in [6.45, 7) is 2.05. The van der Waals surface area contributed by atoms with E-state index >= 15 is 0 Å². The van der Waals surface area contributed by atoms with Crippen LogP contribution in [-0.2, 0) is 20.9 Å². The second-order valence-electron chi connectivity index (χ2n) is 4.77. The number of rotatable bonds is 4. The number of hydrogen-bond acceptors (Lipinski definition) is 3. The van der Waals surface area contributed by atoms with Crippen molar-refractivity contribution in [2.45, 2.75) is 51.4 Å². The molecule has 0 spiro atoms. The minimum atomic E-state index is -0.213. The van der Waals surface area contributed by atoms with E-state index in [1.807, 2.05) is 30.3 Å². The summed E-state index contributed by atoms with van der Waals surface area (Å²) in [4.78, 5) is 11.1. The zero-order valence-electron chi connectivity index (χ0n) is 10.8. The lowest BCUT2D eigenvalue weighted by atomic mass is 9.94. The van der Waals surface area contributed by atoms with Crippen molar-refractivity contribution in [3.8, 4) is 0 Å². The molecule has 0 bridgehead atoms. The van der Waals surface area contributed by atoms with Crippen molar-refractivity contribution >= 4 is 5.97 Å². The van der Waals surface area contributed by atoms with Crippen molar-refractivity contribution in [2.24, 2.45) is 0 Å². The van der Waals surface area contributed by atoms with E-state index < -0.39 is 0 Å². The van der Waals surface area contributed by atoms with Crippen LogP contribution in [0, 0.1) is 0 Å². The fourth-order valence-electron chi connectivity index (χ4n) is 2.38. The van der Waals surface area contributed by atoms with Crippen molar-refractivity contribution in [1.29, 1.82) is 0 Å². The standard InChI is InChI=1S/C15H20O3/c1-12(16)18-15-10-6-5-9-14(15)17-11-13-7-3-2-4-8-13/h2-4,7-8,14-15H,5-6,9-11H2,1H3/t14-,15+/m0/s1. The second kappa shape index (κ2) is 6.55. The van der Waals surface area contributed by atoms with Crippen LogP contribution in [0.5, 0.6) is 0 Å². The molecule has 18 heavy (non-hydrogen) atoms. The Hall–Kier alpha value is -1.35. The molecule has 0 aliphatic heterocycles. The average molecular weight is 248 g/mol. The SMILES string of the molecule is CC(=O)O[C@@H]1CCCC[C@@H]1OCc1ccccc1. The molecule has 0 N–H and O–H groups in total. The van der Waals surface area contributed by atoms with Gasteiger partial charge < -0.3 is 9.47 Å². The van der Waals surface area contributed by atoms with Crippen molar-refractivity contribution in [3.63, 3.8) is 0 Å². The largest absolute Gasteiger partial charge is 0.460 e.